The highest BCUT2D eigenvalue weighted by atomic mass is 19.1. The summed E-state index contributed by atoms with van der Waals surface area (Å²) in [6.45, 7) is 1.53. The van der Waals surface area contributed by atoms with Gasteiger partial charge in [-0.3, -0.25) is 19.2 Å². The lowest BCUT2D eigenvalue weighted by molar-refractivity contribution is -0.297. The van der Waals surface area contributed by atoms with E-state index in [9.17, 15) is 44.7 Å². The Morgan fingerprint density at radius 1 is 1.16 bits per heavy atom. The number of fused-ring (bicyclic) bond motifs is 3. The topological polar surface area (TPSA) is 232 Å². The molecule has 7 N–H and O–H groups in total. The van der Waals surface area contributed by atoms with Crippen molar-refractivity contribution in [2.75, 3.05) is 13.7 Å². The molecular weight excluding hydrogens is 601 g/mol. The molecule has 0 bridgehead atoms. The SMILES string of the molecule is COc1cccc2c1C(=O)c1c(O)c3c(c(O)c1C2=O)C[C@@](O)(C(=O)CO)C[C@@H]3O[C@@H]1O[C@@H](C)[C@@H](OC(=O)[C@H](C)N)[C@@H](O)[C@H]1F. The maximum Gasteiger partial charge on any atom is 0.323 e. The zero-order valence-electron chi connectivity index (χ0n) is 24.4. The molecule has 2 aromatic rings. The van der Waals surface area contributed by atoms with Crippen molar-refractivity contribution in [1.29, 1.82) is 0 Å². The number of carbonyl (C=O) groups is 4. The first-order chi connectivity index (χ1) is 21.2. The van der Waals surface area contributed by atoms with E-state index in [-0.39, 0.29) is 28.0 Å². The van der Waals surface area contributed by atoms with Crippen LogP contribution in [0.2, 0.25) is 0 Å². The van der Waals surface area contributed by atoms with Crippen molar-refractivity contribution < 1.29 is 68.0 Å². The summed E-state index contributed by atoms with van der Waals surface area (Å²) in [4.78, 5) is 52.0. The van der Waals surface area contributed by atoms with Crippen LogP contribution in [0.15, 0.2) is 18.2 Å². The highest BCUT2D eigenvalue weighted by Gasteiger charge is 2.52. The summed E-state index contributed by atoms with van der Waals surface area (Å²) in [6.07, 6.45) is -12.2. The van der Waals surface area contributed by atoms with Crippen LogP contribution in [-0.4, -0.2) is 105 Å². The molecule has 0 amide bonds. The highest BCUT2D eigenvalue weighted by Crippen LogP contribution is 2.52. The number of rotatable bonds is 7. The highest BCUT2D eigenvalue weighted by molar-refractivity contribution is 6.31. The number of methoxy groups -OCH3 is 1. The normalized spacial score (nSPS) is 29.7. The number of aliphatic hydroxyl groups excluding tert-OH is 2. The quantitative estimate of drug-likeness (QED) is 0.147. The lowest BCUT2D eigenvalue weighted by atomic mass is 9.72. The summed E-state index contributed by atoms with van der Waals surface area (Å²) >= 11 is 0. The Morgan fingerprint density at radius 3 is 2.44 bits per heavy atom. The first-order valence-electron chi connectivity index (χ1n) is 14.0. The molecule has 2 aromatic carbocycles. The van der Waals surface area contributed by atoms with Gasteiger partial charge < -0.3 is 50.2 Å². The number of hydrogen-bond acceptors (Lipinski definition) is 14. The Labute approximate surface area is 255 Å². The first-order valence-corrected chi connectivity index (χ1v) is 14.0. The monoisotopic (exact) mass is 633 g/mol. The molecule has 0 unspecified atom stereocenters. The number of aromatic hydroxyl groups is 2. The third-order valence-corrected chi connectivity index (χ3v) is 8.40. The minimum Gasteiger partial charge on any atom is -0.507 e. The third-order valence-electron chi connectivity index (χ3n) is 8.40. The molecule has 1 fully saturated rings. The molecule has 0 aromatic heterocycles. The number of Topliss-reactive ketones (excluding diaryl/α,β-unsaturated/α-hetero) is 1. The summed E-state index contributed by atoms with van der Waals surface area (Å²) in [5, 5.41) is 54.5. The van der Waals surface area contributed by atoms with Crippen LogP contribution < -0.4 is 10.5 Å². The molecule has 5 rings (SSSR count). The van der Waals surface area contributed by atoms with Gasteiger partial charge in [-0.05, 0) is 19.9 Å². The Hall–Kier alpha value is -3.99. The molecule has 0 radical (unpaired) electrons. The van der Waals surface area contributed by atoms with Crippen LogP contribution >= 0.6 is 0 Å². The van der Waals surface area contributed by atoms with E-state index < -0.39 is 114 Å². The standard InChI is InChI=1S/C30H32FNO13/c1-10(32)28(40)45-27-11(2)43-29(21(31)26(27)39)44-15-8-30(41,16(34)9-33)7-13-18(15)25(38)20-19(23(13)36)22(35)12-5-4-6-14(42-3)17(12)24(20)37/h4-6,10-11,15,21,26-27,29,33,36,38-39,41H,7-9,32H2,1-3H3/t10-,11-,15-,21+,26-,27+,29-,30-/m0/s1. The summed E-state index contributed by atoms with van der Waals surface area (Å²) in [7, 11) is 1.27. The van der Waals surface area contributed by atoms with Crippen LogP contribution in [0, 0.1) is 0 Å². The van der Waals surface area contributed by atoms with E-state index in [1.807, 2.05) is 0 Å². The second-order valence-electron chi connectivity index (χ2n) is 11.3. The zero-order chi connectivity index (χ0) is 33.1. The molecule has 242 valence electrons. The van der Waals surface area contributed by atoms with Gasteiger partial charge in [0.1, 0.15) is 41.6 Å². The minimum absolute atomic E-state index is 0.0157. The van der Waals surface area contributed by atoms with Gasteiger partial charge in [-0.25, -0.2) is 4.39 Å². The maximum absolute atomic E-state index is 15.6. The van der Waals surface area contributed by atoms with Crippen molar-refractivity contribution in [2.24, 2.45) is 5.73 Å². The van der Waals surface area contributed by atoms with Crippen molar-refractivity contribution in [1.82, 2.24) is 0 Å². The predicted octanol–water partition coefficient (Wildman–Crippen LogP) is -0.119. The van der Waals surface area contributed by atoms with Gasteiger partial charge in [0.15, 0.2) is 30.1 Å². The van der Waals surface area contributed by atoms with Crippen LogP contribution in [0.4, 0.5) is 4.39 Å². The number of phenols is 2. The number of hydrogen-bond donors (Lipinski definition) is 6. The van der Waals surface area contributed by atoms with Gasteiger partial charge in [-0.2, -0.15) is 0 Å². The lowest BCUT2D eigenvalue weighted by Crippen LogP contribution is -2.58. The zero-order valence-corrected chi connectivity index (χ0v) is 24.4. The second kappa shape index (κ2) is 11.7. The number of ether oxygens (including phenoxy) is 4. The molecule has 15 heteroatoms. The van der Waals surface area contributed by atoms with E-state index in [0.29, 0.717) is 0 Å². The van der Waals surface area contributed by atoms with Crippen LogP contribution in [0.25, 0.3) is 0 Å². The maximum atomic E-state index is 15.6. The molecule has 3 aliphatic rings. The van der Waals surface area contributed by atoms with E-state index in [1.165, 1.54) is 39.2 Å². The summed E-state index contributed by atoms with van der Waals surface area (Å²) in [5.74, 6) is -5.48. The molecule has 0 saturated carbocycles. The van der Waals surface area contributed by atoms with Gasteiger partial charge in [0.05, 0.1) is 36.0 Å². The van der Waals surface area contributed by atoms with Crippen LogP contribution in [0.1, 0.15) is 69.3 Å². The van der Waals surface area contributed by atoms with Crippen molar-refractivity contribution in [3.8, 4) is 17.2 Å². The van der Waals surface area contributed by atoms with Crippen LogP contribution in [-0.2, 0) is 30.2 Å². The van der Waals surface area contributed by atoms with Gasteiger partial charge in [0.25, 0.3) is 0 Å². The van der Waals surface area contributed by atoms with E-state index >= 15 is 4.39 Å². The van der Waals surface area contributed by atoms with E-state index in [4.69, 9.17) is 24.7 Å². The number of carbonyl (C=O) groups excluding carboxylic acids is 4. The molecular formula is C30H32FNO13. The number of benzene rings is 2. The van der Waals surface area contributed by atoms with Gasteiger partial charge in [0.2, 0.25) is 5.78 Å². The fraction of sp³-hybridized carbons (Fsp3) is 0.467. The Bertz CT molecular complexity index is 1590. The predicted molar refractivity (Wildman–Crippen MR) is 148 cm³/mol. The third kappa shape index (κ3) is 5.14. The van der Waals surface area contributed by atoms with Gasteiger partial charge >= 0.3 is 5.97 Å². The molecule has 1 heterocycles. The van der Waals surface area contributed by atoms with Crippen molar-refractivity contribution >= 4 is 23.3 Å². The number of nitrogens with two attached hydrogens (primary N) is 1. The number of halogens is 1. The minimum atomic E-state index is -2.45. The Morgan fingerprint density at radius 2 is 1.82 bits per heavy atom. The van der Waals surface area contributed by atoms with Crippen LogP contribution in [0.5, 0.6) is 17.2 Å². The fourth-order valence-electron chi connectivity index (χ4n) is 6.05. The largest absolute Gasteiger partial charge is 0.507 e. The summed E-state index contributed by atoms with van der Waals surface area (Å²) in [5.41, 5.74) is 0.780. The molecule has 1 aliphatic heterocycles. The fourth-order valence-corrected chi connectivity index (χ4v) is 6.05. The summed E-state index contributed by atoms with van der Waals surface area (Å²) in [6, 6.07) is 3.10. The molecule has 2 aliphatic carbocycles. The average Bonchev–Trinajstić information content (AvgIpc) is 3.00. The molecule has 1 saturated heterocycles. The average molecular weight is 634 g/mol. The van der Waals surface area contributed by atoms with E-state index in [1.54, 1.807) is 0 Å². The molecule has 8 atom stereocenters. The van der Waals surface area contributed by atoms with Crippen molar-refractivity contribution in [2.45, 2.75) is 75.2 Å². The summed E-state index contributed by atoms with van der Waals surface area (Å²) < 4.78 is 37.2. The Kier molecular flexibility index (Phi) is 8.46. The van der Waals surface area contributed by atoms with E-state index in [2.05, 4.69) is 0 Å². The second-order valence-corrected chi connectivity index (χ2v) is 11.3. The Balaban J connectivity index is 1.61. The van der Waals surface area contributed by atoms with Crippen LogP contribution in [0.3, 0.4) is 0 Å². The van der Waals surface area contributed by atoms with Gasteiger partial charge in [-0.15, -0.1) is 0 Å². The molecule has 45 heavy (non-hydrogen) atoms. The number of esters is 1. The van der Waals surface area contributed by atoms with Gasteiger partial charge in [-0.1, -0.05) is 12.1 Å². The van der Waals surface area contributed by atoms with Crippen molar-refractivity contribution in [3.63, 3.8) is 0 Å². The number of ketones is 3. The molecule has 14 nitrogen and oxygen atoms in total. The smallest absolute Gasteiger partial charge is 0.323 e. The van der Waals surface area contributed by atoms with Gasteiger partial charge in [0, 0.05) is 29.5 Å². The number of alkyl halides is 1. The molecule has 0 spiro atoms. The first kappa shape index (κ1) is 32.4. The van der Waals surface area contributed by atoms with E-state index in [0.717, 1.165) is 0 Å². The van der Waals surface area contributed by atoms with Crippen molar-refractivity contribution in [3.05, 3.63) is 51.6 Å². The number of phenolic OH excluding ortho intramolecular Hbond substituents is 2. The lowest BCUT2D eigenvalue weighted by Gasteiger charge is -2.43. The number of aliphatic hydroxyl groups is 3.